The first kappa shape index (κ1) is 18.1. The molecule has 2 aliphatic rings. The van der Waals surface area contributed by atoms with Gasteiger partial charge in [0.1, 0.15) is 5.69 Å². The number of anilines is 1. The van der Waals surface area contributed by atoms with Gasteiger partial charge in [0.2, 0.25) is 10.0 Å². The van der Waals surface area contributed by atoms with Gasteiger partial charge in [0.05, 0.1) is 9.82 Å². The molecular formula is C16H24N4O4S. The Bertz CT molecular complexity index is 741. The standard InChI is InChI=1S/C16H24N4O4S/c17-25(23,24)14-5-6-15(16(11-14)20(21)22)19(12-3-1-2-4-12)13-7-9-18-10-8-13/h5-6,11-13,18H,1-4,7-10H2,(H2,17,23,24). The third kappa shape index (κ3) is 3.94. The van der Waals surface area contributed by atoms with Crippen LogP contribution < -0.4 is 15.4 Å². The van der Waals surface area contributed by atoms with Crippen molar-refractivity contribution in [1.29, 1.82) is 0 Å². The molecule has 8 nitrogen and oxygen atoms in total. The number of nitrogens with one attached hydrogen (secondary N) is 1. The summed E-state index contributed by atoms with van der Waals surface area (Å²) in [7, 11) is -3.98. The molecular weight excluding hydrogens is 344 g/mol. The summed E-state index contributed by atoms with van der Waals surface area (Å²) in [6.45, 7) is 1.77. The lowest BCUT2D eigenvalue weighted by molar-refractivity contribution is -0.384. The predicted molar refractivity (Wildman–Crippen MR) is 95.1 cm³/mol. The van der Waals surface area contributed by atoms with E-state index in [2.05, 4.69) is 10.2 Å². The summed E-state index contributed by atoms with van der Waals surface area (Å²) >= 11 is 0. The number of piperidine rings is 1. The summed E-state index contributed by atoms with van der Waals surface area (Å²) < 4.78 is 23.2. The number of hydrogen-bond donors (Lipinski definition) is 2. The molecule has 0 radical (unpaired) electrons. The van der Waals surface area contributed by atoms with Gasteiger partial charge in [-0.2, -0.15) is 0 Å². The van der Waals surface area contributed by atoms with E-state index in [1.54, 1.807) is 6.07 Å². The molecule has 1 saturated carbocycles. The van der Waals surface area contributed by atoms with Crippen molar-refractivity contribution in [3.05, 3.63) is 28.3 Å². The zero-order chi connectivity index (χ0) is 18.0. The first-order valence-electron chi connectivity index (χ1n) is 8.68. The number of benzene rings is 1. The Hall–Kier alpha value is -1.71. The van der Waals surface area contributed by atoms with E-state index in [4.69, 9.17) is 5.14 Å². The molecule has 138 valence electrons. The summed E-state index contributed by atoms with van der Waals surface area (Å²) in [4.78, 5) is 13.1. The maximum Gasteiger partial charge on any atom is 0.293 e. The predicted octanol–water partition coefficient (Wildman–Crippen LogP) is 1.74. The lowest BCUT2D eigenvalue weighted by Crippen LogP contribution is -2.47. The van der Waals surface area contributed by atoms with Crippen LogP contribution in [0.25, 0.3) is 0 Å². The van der Waals surface area contributed by atoms with Crippen LogP contribution in [0.1, 0.15) is 38.5 Å². The Balaban J connectivity index is 2.06. The molecule has 1 heterocycles. The lowest BCUT2D eigenvalue weighted by Gasteiger charge is -2.40. The number of rotatable bonds is 5. The Morgan fingerprint density at radius 2 is 1.72 bits per heavy atom. The number of primary sulfonamides is 1. The summed E-state index contributed by atoms with van der Waals surface area (Å²) in [5.74, 6) is 0. The molecule has 0 bridgehead atoms. The molecule has 1 saturated heterocycles. The van der Waals surface area contributed by atoms with Crippen LogP contribution in [-0.2, 0) is 10.0 Å². The second-order valence-corrected chi connectivity index (χ2v) is 8.34. The molecule has 1 aromatic rings. The van der Waals surface area contributed by atoms with Gasteiger partial charge in [-0.05, 0) is 50.9 Å². The molecule has 3 N–H and O–H groups in total. The van der Waals surface area contributed by atoms with Gasteiger partial charge in [-0.15, -0.1) is 0 Å². The van der Waals surface area contributed by atoms with Crippen LogP contribution in [0.5, 0.6) is 0 Å². The molecule has 9 heteroatoms. The number of sulfonamides is 1. The highest BCUT2D eigenvalue weighted by atomic mass is 32.2. The maximum absolute atomic E-state index is 11.6. The molecule has 0 amide bonds. The molecule has 0 atom stereocenters. The molecule has 1 aliphatic carbocycles. The second kappa shape index (κ2) is 7.27. The van der Waals surface area contributed by atoms with Crippen LogP contribution in [0, 0.1) is 10.1 Å². The van der Waals surface area contributed by atoms with Crippen molar-refractivity contribution in [2.75, 3.05) is 18.0 Å². The largest absolute Gasteiger partial charge is 0.360 e. The van der Waals surface area contributed by atoms with E-state index in [-0.39, 0.29) is 22.7 Å². The summed E-state index contributed by atoms with van der Waals surface area (Å²) in [5, 5.41) is 20.1. The highest BCUT2D eigenvalue weighted by Crippen LogP contribution is 2.38. The van der Waals surface area contributed by atoms with E-state index in [0.717, 1.165) is 57.7 Å². The summed E-state index contributed by atoms with van der Waals surface area (Å²) in [6, 6.07) is 4.51. The van der Waals surface area contributed by atoms with E-state index in [1.165, 1.54) is 6.07 Å². The van der Waals surface area contributed by atoms with Crippen molar-refractivity contribution in [3.8, 4) is 0 Å². The maximum atomic E-state index is 11.6. The highest BCUT2D eigenvalue weighted by molar-refractivity contribution is 7.89. The van der Waals surface area contributed by atoms with Gasteiger partial charge in [-0.3, -0.25) is 10.1 Å². The van der Waals surface area contributed by atoms with Crippen LogP contribution in [-0.4, -0.2) is 38.5 Å². The van der Waals surface area contributed by atoms with E-state index < -0.39 is 14.9 Å². The number of nitro groups is 1. The van der Waals surface area contributed by atoms with Crippen molar-refractivity contribution in [2.24, 2.45) is 5.14 Å². The molecule has 2 fully saturated rings. The van der Waals surface area contributed by atoms with E-state index in [0.29, 0.717) is 5.69 Å². The fourth-order valence-electron chi connectivity index (χ4n) is 4.00. The normalized spacial score (nSPS) is 19.9. The number of nitrogens with zero attached hydrogens (tertiary/aromatic N) is 2. The van der Waals surface area contributed by atoms with Gasteiger partial charge < -0.3 is 10.2 Å². The number of nitrogens with two attached hydrogens (primary N) is 1. The fourth-order valence-corrected chi connectivity index (χ4v) is 4.54. The number of nitro benzene ring substituents is 1. The van der Waals surface area contributed by atoms with E-state index in [1.807, 2.05) is 0 Å². The van der Waals surface area contributed by atoms with Crippen LogP contribution >= 0.6 is 0 Å². The van der Waals surface area contributed by atoms with Crippen molar-refractivity contribution in [1.82, 2.24) is 5.32 Å². The smallest absolute Gasteiger partial charge is 0.293 e. The van der Waals surface area contributed by atoms with Crippen LogP contribution in [0.4, 0.5) is 11.4 Å². The van der Waals surface area contributed by atoms with Crippen molar-refractivity contribution >= 4 is 21.4 Å². The van der Waals surface area contributed by atoms with Gasteiger partial charge >= 0.3 is 0 Å². The molecule has 1 aromatic carbocycles. The number of hydrogen-bond acceptors (Lipinski definition) is 6. The minimum Gasteiger partial charge on any atom is -0.360 e. The van der Waals surface area contributed by atoms with Gasteiger partial charge in [0.15, 0.2) is 0 Å². The third-order valence-corrected chi connectivity index (χ3v) is 6.08. The minimum absolute atomic E-state index is 0.183. The molecule has 0 spiro atoms. The summed E-state index contributed by atoms with van der Waals surface area (Å²) in [6.07, 6.45) is 6.11. The van der Waals surface area contributed by atoms with Gasteiger partial charge in [0, 0.05) is 18.2 Å². The van der Waals surface area contributed by atoms with Crippen molar-refractivity contribution < 1.29 is 13.3 Å². The molecule has 3 rings (SSSR count). The van der Waals surface area contributed by atoms with Crippen LogP contribution in [0.3, 0.4) is 0 Å². The Morgan fingerprint density at radius 1 is 1.12 bits per heavy atom. The average Bonchev–Trinajstić information content (AvgIpc) is 3.09. The molecule has 0 aromatic heterocycles. The van der Waals surface area contributed by atoms with Crippen molar-refractivity contribution in [3.63, 3.8) is 0 Å². The molecule has 25 heavy (non-hydrogen) atoms. The third-order valence-electron chi connectivity index (χ3n) is 5.17. The Kier molecular flexibility index (Phi) is 5.26. The fraction of sp³-hybridized carbons (Fsp3) is 0.625. The topological polar surface area (TPSA) is 119 Å². The van der Waals surface area contributed by atoms with E-state index >= 15 is 0 Å². The van der Waals surface area contributed by atoms with E-state index in [9.17, 15) is 18.5 Å². The zero-order valence-corrected chi connectivity index (χ0v) is 14.9. The molecule has 0 unspecified atom stereocenters. The van der Waals surface area contributed by atoms with Crippen LogP contribution in [0.2, 0.25) is 0 Å². The Labute approximate surface area is 147 Å². The average molecular weight is 368 g/mol. The highest BCUT2D eigenvalue weighted by Gasteiger charge is 2.34. The second-order valence-electron chi connectivity index (χ2n) is 6.78. The lowest BCUT2D eigenvalue weighted by atomic mass is 10.00. The first-order chi connectivity index (χ1) is 11.9. The van der Waals surface area contributed by atoms with Crippen molar-refractivity contribution in [2.45, 2.75) is 55.5 Å². The first-order valence-corrected chi connectivity index (χ1v) is 10.2. The molecule has 1 aliphatic heterocycles. The van der Waals surface area contributed by atoms with Crippen LogP contribution in [0.15, 0.2) is 23.1 Å². The monoisotopic (exact) mass is 368 g/mol. The minimum atomic E-state index is -3.98. The quantitative estimate of drug-likeness (QED) is 0.604. The van der Waals surface area contributed by atoms with Gasteiger partial charge in [-0.1, -0.05) is 12.8 Å². The van der Waals surface area contributed by atoms with Gasteiger partial charge in [-0.25, -0.2) is 13.6 Å². The zero-order valence-electron chi connectivity index (χ0n) is 14.1. The van der Waals surface area contributed by atoms with Gasteiger partial charge in [0.25, 0.3) is 5.69 Å². The summed E-state index contributed by atoms with van der Waals surface area (Å²) in [5.41, 5.74) is 0.327. The Morgan fingerprint density at radius 3 is 2.28 bits per heavy atom. The SMILES string of the molecule is NS(=O)(=O)c1ccc(N(C2CCCC2)C2CCNCC2)c([N+](=O)[O-])c1.